The molecule has 0 bridgehead atoms. The van der Waals surface area contributed by atoms with Gasteiger partial charge in [0.15, 0.2) is 11.5 Å². The Balaban J connectivity index is 2.21. The molecule has 1 unspecified atom stereocenters. The Hall–Kier alpha value is -2.08. The Morgan fingerprint density at radius 1 is 1.30 bits per heavy atom. The summed E-state index contributed by atoms with van der Waals surface area (Å²) in [6.07, 6.45) is 0.731. The molecule has 0 spiro atoms. The summed E-state index contributed by atoms with van der Waals surface area (Å²) < 4.78 is 24.4. The van der Waals surface area contributed by atoms with Gasteiger partial charge in [0, 0.05) is 30.5 Å². The molecule has 1 heterocycles. The number of carbonyl (C=O) groups excluding carboxylic acids is 1. The predicted octanol–water partition coefficient (Wildman–Crippen LogP) is 3.61. The molecule has 0 radical (unpaired) electrons. The van der Waals surface area contributed by atoms with Crippen LogP contribution in [0, 0.1) is 5.82 Å². The second-order valence-electron chi connectivity index (χ2n) is 5.24. The first-order valence-corrected chi connectivity index (χ1v) is 8.07. The van der Waals surface area contributed by atoms with Crippen molar-refractivity contribution in [2.24, 2.45) is 0 Å². The molecule has 23 heavy (non-hydrogen) atoms. The highest BCUT2D eigenvalue weighted by Gasteiger charge is 2.23. The van der Waals surface area contributed by atoms with Crippen molar-refractivity contribution in [3.05, 3.63) is 45.9 Å². The molecule has 2 rings (SSSR count). The van der Waals surface area contributed by atoms with Crippen LogP contribution < -0.4 is 9.47 Å². The molecule has 4 nitrogen and oxygen atoms in total. The van der Waals surface area contributed by atoms with E-state index < -0.39 is 5.82 Å². The summed E-state index contributed by atoms with van der Waals surface area (Å²) in [5, 5.41) is 2.00. The molecule has 0 saturated heterocycles. The molecule has 0 saturated carbocycles. The van der Waals surface area contributed by atoms with Crippen LogP contribution in [0.25, 0.3) is 0 Å². The zero-order valence-corrected chi connectivity index (χ0v) is 14.4. The molecule has 1 aromatic heterocycles. The third-order valence-corrected chi connectivity index (χ3v) is 4.66. The second-order valence-corrected chi connectivity index (χ2v) is 6.27. The number of amides is 1. The fraction of sp³-hybridized carbons (Fsp3) is 0.353. The quantitative estimate of drug-likeness (QED) is 0.808. The van der Waals surface area contributed by atoms with Crippen molar-refractivity contribution in [1.29, 1.82) is 0 Å². The van der Waals surface area contributed by atoms with Gasteiger partial charge in [-0.15, -0.1) is 11.3 Å². The number of likely N-dealkylation sites (N-methyl/N-ethyl adjacent to an activating group) is 1. The molecule has 6 heteroatoms. The number of hydrogen-bond donors (Lipinski definition) is 0. The zero-order chi connectivity index (χ0) is 17.0. The smallest absolute Gasteiger partial charge is 0.256 e. The van der Waals surface area contributed by atoms with Crippen molar-refractivity contribution in [2.75, 3.05) is 21.3 Å². The van der Waals surface area contributed by atoms with Crippen LogP contribution in [0.15, 0.2) is 29.6 Å². The summed E-state index contributed by atoms with van der Waals surface area (Å²) in [5.74, 6) is -0.414. The van der Waals surface area contributed by atoms with Gasteiger partial charge in [-0.1, -0.05) is 6.07 Å². The maximum atomic E-state index is 14.2. The van der Waals surface area contributed by atoms with E-state index in [2.05, 4.69) is 0 Å². The van der Waals surface area contributed by atoms with E-state index in [9.17, 15) is 9.18 Å². The number of carbonyl (C=O) groups is 1. The van der Waals surface area contributed by atoms with E-state index in [1.54, 1.807) is 23.3 Å². The van der Waals surface area contributed by atoms with Gasteiger partial charge < -0.3 is 14.4 Å². The number of benzene rings is 1. The molecule has 124 valence electrons. The molecule has 0 aliphatic carbocycles. The summed E-state index contributed by atoms with van der Waals surface area (Å²) in [6, 6.07) is 6.50. The van der Waals surface area contributed by atoms with Gasteiger partial charge in [-0.3, -0.25) is 4.79 Å². The fourth-order valence-corrected chi connectivity index (χ4v) is 3.09. The maximum absolute atomic E-state index is 14.2. The van der Waals surface area contributed by atoms with Crippen LogP contribution in [-0.2, 0) is 6.42 Å². The Morgan fingerprint density at radius 2 is 1.96 bits per heavy atom. The minimum absolute atomic E-state index is 0.0248. The number of methoxy groups -OCH3 is 2. The predicted molar refractivity (Wildman–Crippen MR) is 89.1 cm³/mol. The lowest BCUT2D eigenvalue weighted by Gasteiger charge is -2.25. The Labute approximate surface area is 139 Å². The monoisotopic (exact) mass is 337 g/mol. The lowest BCUT2D eigenvalue weighted by molar-refractivity contribution is 0.0738. The van der Waals surface area contributed by atoms with Gasteiger partial charge in [-0.2, -0.15) is 0 Å². The van der Waals surface area contributed by atoms with Crippen LogP contribution in [0.2, 0.25) is 0 Å². The van der Waals surface area contributed by atoms with E-state index in [-0.39, 0.29) is 23.3 Å². The van der Waals surface area contributed by atoms with E-state index in [4.69, 9.17) is 9.47 Å². The second kappa shape index (κ2) is 7.46. The van der Waals surface area contributed by atoms with Crippen LogP contribution >= 0.6 is 11.3 Å². The SMILES string of the molecule is COc1cc(F)c(C(=O)N(C)C(C)Cc2cccs2)cc1OC. The number of rotatable bonds is 6. The average Bonchev–Trinajstić information content (AvgIpc) is 3.05. The standard InChI is InChI=1S/C17H20FNO3S/c1-11(8-12-6-5-7-23-12)19(2)17(20)13-9-15(21-3)16(22-4)10-14(13)18/h5-7,9-11H,8H2,1-4H3. The number of hydrogen-bond acceptors (Lipinski definition) is 4. The van der Waals surface area contributed by atoms with Gasteiger partial charge in [0.2, 0.25) is 0 Å². The average molecular weight is 337 g/mol. The van der Waals surface area contributed by atoms with Crippen LogP contribution in [0.5, 0.6) is 11.5 Å². The third-order valence-electron chi connectivity index (χ3n) is 3.76. The van der Waals surface area contributed by atoms with Crippen LogP contribution in [0.4, 0.5) is 4.39 Å². The molecule has 0 aliphatic heterocycles. The summed E-state index contributed by atoms with van der Waals surface area (Å²) in [6.45, 7) is 1.94. The highest BCUT2D eigenvalue weighted by atomic mass is 32.1. The van der Waals surface area contributed by atoms with Crippen LogP contribution in [-0.4, -0.2) is 38.1 Å². The number of nitrogens with zero attached hydrogens (tertiary/aromatic N) is 1. The highest BCUT2D eigenvalue weighted by Crippen LogP contribution is 2.30. The molecule has 0 fully saturated rings. The summed E-state index contributed by atoms with van der Waals surface area (Å²) in [5.41, 5.74) is -0.0248. The van der Waals surface area contributed by atoms with E-state index in [1.807, 2.05) is 24.4 Å². The van der Waals surface area contributed by atoms with Crippen molar-refractivity contribution in [3.63, 3.8) is 0 Å². The fourth-order valence-electron chi connectivity index (χ4n) is 2.27. The zero-order valence-electron chi connectivity index (χ0n) is 13.6. The Kier molecular flexibility index (Phi) is 5.60. The first kappa shape index (κ1) is 17.3. The Bertz CT molecular complexity index is 673. The third kappa shape index (κ3) is 3.82. The van der Waals surface area contributed by atoms with Gasteiger partial charge in [0.05, 0.1) is 19.8 Å². The molecular formula is C17H20FNO3S. The van der Waals surface area contributed by atoms with Gasteiger partial charge in [0.25, 0.3) is 5.91 Å². The van der Waals surface area contributed by atoms with Crippen LogP contribution in [0.3, 0.4) is 0 Å². The van der Waals surface area contributed by atoms with Gasteiger partial charge in [0.1, 0.15) is 5.82 Å². The number of halogens is 1. The molecular weight excluding hydrogens is 317 g/mol. The Morgan fingerprint density at radius 3 is 2.52 bits per heavy atom. The molecule has 1 atom stereocenters. The molecule has 0 aliphatic rings. The van der Waals surface area contributed by atoms with E-state index >= 15 is 0 Å². The lowest BCUT2D eigenvalue weighted by atomic mass is 10.1. The maximum Gasteiger partial charge on any atom is 0.256 e. The van der Waals surface area contributed by atoms with E-state index in [0.717, 1.165) is 6.42 Å². The first-order chi connectivity index (χ1) is 11.0. The number of ether oxygens (including phenoxy) is 2. The molecule has 0 N–H and O–H groups in total. The minimum atomic E-state index is -0.622. The summed E-state index contributed by atoms with van der Waals surface area (Å²) in [4.78, 5) is 15.3. The van der Waals surface area contributed by atoms with Gasteiger partial charge >= 0.3 is 0 Å². The summed E-state index contributed by atoms with van der Waals surface area (Å²) >= 11 is 1.64. The topological polar surface area (TPSA) is 38.8 Å². The van der Waals surface area contributed by atoms with Gasteiger partial charge in [-0.25, -0.2) is 4.39 Å². The first-order valence-electron chi connectivity index (χ1n) is 7.19. The normalized spacial score (nSPS) is 11.9. The van der Waals surface area contributed by atoms with Crippen molar-refractivity contribution in [3.8, 4) is 11.5 Å². The number of thiophene rings is 1. The largest absolute Gasteiger partial charge is 0.493 e. The highest BCUT2D eigenvalue weighted by molar-refractivity contribution is 7.09. The van der Waals surface area contributed by atoms with E-state index in [1.165, 1.54) is 31.2 Å². The molecule has 2 aromatic rings. The van der Waals surface area contributed by atoms with Crippen LogP contribution in [0.1, 0.15) is 22.2 Å². The van der Waals surface area contributed by atoms with Gasteiger partial charge in [-0.05, 0) is 24.4 Å². The van der Waals surface area contributed by atoms with E-state index in [0.29, 0.717) is 5.75 Å². The van der Waals surface area contributed by atoms with Crippen molar-refractivity contribution in [2.45, 2.75) is 19.4 Å². The van der Waals surface area contributed by atoms with Crippen molar-refractivity contribution in [1.82, 2.24) is 4.90 Å². The van der Waals surface area contributed by atoms with Crippen molar-refractivity contribution < 1.29 is 18.7 Å². The minimum Gasteiger partial charge on any atom is -0.493 e. The molecule has 1 amide bonds. The van der Waals surface area contributed by atoms with Crippen molar-refractivity contribution >= 4 is 17.2 Å². The molecule has 1 aromatic carbocycles. The summed E-state index contributed by atoms with van der Waals surface area (Å²) in [7, 11) is 4.55. The lowest BCUT2D eigenvalue weighted by Crippen LogP contribution is -2.36.